The number of halogens is 4. The van der Waals surface area contributed by atoms with Crippen LogP contribution in [0.3, 0.4) is 0 Å². The molecule has 1 unspecified atom stereocenters. The minimum Gasteiger partial charge on any atom is -0.332 e. The zero-order valence-electron chi connectivity index (χ0n) is 17.3. The maximum atomic E-state index is 13.2. The standard InChI is InChI=1S/C19H19ClF3N3O3/c1-9-12-7-13(19(21,22)23)14(20)6-10(12)8-26(9)15(27)4-5-18(11-2-3-11)16(28)24-17(29)25-18/h6-7,9,11H,2-5,8H2,1H3,(H2,24,25,28,29)/t9?,18-/m0/s1/i8D2. The van der Waals surface area contributed by atoms with Gasteiger partial charge in [0.15, 0.2) is 0 Å². The molecule has 6 nitrogen and oxygen atoms in total. The van der Waals surface area contributed by atoms with Crippen molar-refractivity contribution in [2.24, 2.45) is 5.92 Å². The molecular formula is C19H19ClF3N3O3. The summed E-state index contributed by atoms with van der Waals surface area (Å²) in [6.45, 7) is -0.941. The second-order valence-corrected chi connectivity index (χ2v) is 8.03. The third-order valence-electron chi connectivity index (χ3n) is 5.77. The van der Waals surface area contributed by atoms with Crippen molar-refractivity contribution in [1.29, 1.82) is 0 Å². The van der Waals surface area contributed by atoms with Gasteiger partial charge in [-0.2, -0.15) is 13.2 Å². The van der Waals surface area contributed by atoms with Gasteiger partial charge in [-0.15, -0.1) is 0 Å². The highest BCUT2D eigenvalue weighted by Gasteiger charge is 2.55. The van der Waals surface area contributed by atoms with Gasteiger partial charge in [-0.05, 0) is 55.4 Å². The van der Waals surface area contributed by atoms with Crippen molar-refractivity contribution in [3.63, 3.8) is 0 Å². The van der Waals surface area contributed by atoms with Crippen LogP contribution < -0.4 is 10.6 Å². The molecule has 1 aliphatic carbocycles. The van der Waals surface area contributed by atoms with E-state index in [4.69, 9.17) is 14.3 Å². The molecule has 1 aromatic rings. The van der Waals surface area contributed by atoms with E-state index in [9.17, 15) is 27.6 Å². The number of alkyl halides is 3. The molecule has 0 aromatic heterocycles. The molecular weight excluding hydrogens is 411 g/mol. The van der Waals surface area contributed by atoms with Crippen LogP contribution in [-0.4, -0.2) is 28.3 Å². The summed E-state index contributed by atoms with van der Waals surface area (Å²) < 4.78 is 56.5. The van der Waals surface area contributed by atoms with Crippen molar-refractivity contribution >= 4 is 29.4 Å². The van der Waals surface area contributed by atoms with Crippen LogP contribution in [0.4, 0.5) is 18.0 Å². The number of nitrogens with one attached hydrogen (secondary N) is 2. The number of urea groups is 1. The second kappa shape index (κ2) is 6.62. The minimum atomic E-state index is -4.72. The number of hydrogen-bond donors (Lipinski definition) is 2. The Labute approximate surface area is 172 Å². The lowest BCUT2D eigenvalue weighted by atomic mass is 9.87. The highest BCUT2D eigenvalue weighted by molar-refractivity contribution is 6.31. The van der Waals surface area contributed by atoms with E-state index in [1.54, 1.807) is 0 Å². The van der Waals surface area contributed by atoms with Gasteiger partial charge in [-0.3, -0.25) is 14.9 Å². The number of carbonyl (C=O) groups excluding carboxylic acids is 3. The summed E-state index contributed by atoms with van der Waals surface area (Å²) in [5.41, 5.74) is -2.39. The molecule has 3 aliphatic rings. The van der Waals surface area contributed by atoms with Gasteiger partial charge in [0.2, 0.25) is 5.91 Å². The van der Waals surface area contributed by atoms with Crippen molar-refractivity contribution in [1.82, 2.24) is 15.5 Å². The number of carbonyl (C=O) groups is 3. The number of rotatable bonds is 4. The molecule has 4 rings (SSSR count). The average molecular weight is 432 g/mol. The summed E-state index contributed by atoms with van der Waals surface area (Å²) in [6, 6.07) is 0.0829. The van der Waals surface area contributed by atoms with Crippen LogP contribution >= 0.6 is 11.6 Å². The Kier molecular flexibility index (Phi) is 4.01. The molecule has 1 aromatic carbocycles. The predicted octanol–water partition coefficient (Wildman–Crippen LogP) is 3.53. The van der Waals surface area contributed by atoms with Crippen LogP contribution in [0.1, 0.15) is 58.1 Å². The molecule has 2 fully saturated rings. The van der Waals surface area contributed by atoms with Crippen LogP contribution in [0.15, 0.2) is 12.1 Å². The fourth-order valence-electron chi connectivity index (χ4n) is 4.07. The molecule has 1 saturated heterocycles. The first-order valence-corrected chi connectivity index (χ1v) is 9.53. The van der Waals surface area contributed by atoms with Crippen LogP contribution in [0.25, 0.3) is 0 Å². The first-order chi connectivity index (χ1) is 14.3. The summed E-state index contributed by atoms with van der Waals surface area (Å²) in [5, 5.41) is 4.13. The van der Waals surface area contributed by atoms with Gasteiger partial charge < -0.3 is 10.2 Å². The van der Waals surface area contributed by atoms with Crippen molar-refractivity contribution < 1.29 is 30.3 Å². The van der Waals surface area contributed by atoms with E-state index in [1.165, 1.54) is 6.92 Å². The third-order valence-corrected chi connectivity index (χ3v) is 6.08. The van der Waals surface area contributed by atoms with Gasteiger partial charge in [0.05, 0.1) is 19.4 Å². The van der Waals surface area contributed by atoms with Crippen molar-refractivity contribution in [2.75, 3.05) is 0 Å². The smallest absolute Gasteiger partial charge is 0.332 e. The lowest BCUT2D eigenvalue weighted by Gasteiger charge is -2.28. The van der Waals surface area contributed by atoms with Crippen LogP contribution in [0, 0.1) is 5.92 Å². The van der Waals surface area contributed by atoms with Crippen molar-refractivity contribution in [2.45, 2.75) is 56.9 Å². The molecule has 0 bridgehead atoms. The molecule has 2 heterocycles. The van der Waals surface area contributed by atoms with Gasteiger partial charge >= 0.3 is 12.2 Å². The second-order valence-electron chi connectivity index (χ2n) is 7.62. The molecule has 2 atom stereocenters. The fourth-order valence-corrected chi connectivity index (χ4v) is 4.34. The van der Waals surface area contributed by atoms with Gasteiger partial charge in [-0.1, -0.05) is 11.6 Å². The molecule has 0 spiro atoms. The zero-order chi connectivity index (χ0) is 22.9. The highest BCUT2D eigenvalue weighted by Crippen LogP contribution is 2.45. The summed E-state index contributed by atoms with van der Waals surface area (Å²) in [4.78, 5) is 37.9. The SMILES string of the molecule is [2H]C1([2H])c2cc(Cl)c(C(F)(F)F)cc2C(C)N1C(=O)CC[C@@]1(C2CC2)NC(=O)NC1=O. The monoisotopic (exact) mass is 431 g/mol. The molecule has 0 radical (unpaired) electrons. The van der Waals surface area contributed by atoms with Crippen LogP contribution in [0.2, 0.25) is 5.02 Å². The van der Waals surface area contributed by atoms with E-state index in [0.29, 0.717) is 12.8 Å². The van der Waals surface area contributed by atoms with Gasteiger partial charge in [0.1, 0.15) is 5.54 Å². The Balaban J connectivity index is 1.60. The Bertz CT molecular complexity index is 1000. The lowest BCUT2D eigenvalue weighted by molar-refractivity contribution is -0.137. The average Bonchev–Trinajstić information content (AvgIpc) is 3.41. The molecule has 1 saturated carbocycles. The van der Waals surface area contributed by atoms with Crippen molar-refractivity contribution in [3.8, 4) is 0 Å². The maximum absolute atomic E-state index is 13.2. The van der Waals surface area contributed by atoms with Gasteiger partial charge in [-0.25, -0.2) is 4.79 Å². The number of fused-ring (bicyclic) bond motifs is 1. The van der Waals surface area contributed by atoms with E-state index in [-0.39, 0.29) is 29.9 Å². The molecule has 29 heavy (non-hydrogen) atoms. The maximum Gasteiger partial charge on any atom is 0.417 e. The molecule has 2 aliphatic heterocycles. The molecule has 156 valence electrons. The van der Waals surface area contributed by atoms with E-state index in [0.717, 1.165) is 17.0 Å². The minimum absolute atomic E-state index is 0.0268. The number of nitrogens with zero attached hydrogens (tertiary/aromatic N) is 1. The number of imide groups is 1. The quantitative estimate of drug-likeness (QED) is 0.716. The number of benzene rings is 1. The zero-order valence-corrected chi connectivity index (χ0v) is 16.1. The Morgan fingerprint density at radius 2 is 2.07 bits per heavy atom. The Hall–Kier alpha value is -2.29. The molecule has 4 amide bonds. The summed E-state index contributed by atoms with van der Waals surface area (Å²) in [5.74, 6) is -1.30. The molecule has 2 N–H and O–H groups in total. The Morgan fingerprint density at radius 1 is 1.38 bits per heavy atom. The van der Waals surface area contributed by atoms with Gasteiger partial charge in [0.25, 0.3) is 5.91 Å². The summed E-state index contributed by atoms with van der Waals surface area (Å²) in [6.07, 6.45) is -3.58. The Morgan fingerprint density at radius 3 is 2.62 bits per heavy atom. The van der Waals surface area contributed by atoms with Crippen LogP contribution in [0.5, 0.6) is 0 Å². The normalized spacial score (nSPS) is 29.1. The lowest BCUT2D eigenvalue weighted by Crippen LogP contribution is -2.49. The number of hydrogen-bond acceptors (Lipinski definition) is 3. The third kappa shape index (κ3) is 3.35. The molecule has 10 heteroatoms. The first kappa shape index (κ1) is 17.6. The fraction of sp³-hybridized carbons (Fsp3) is 0.526. The largest absolute Gasteiger partial charge is 0.417 e. The van der Waals surface area contributed by atoms with Crippen LogP contribution in [-0.2, 0) is 22.3 Å². The van der Waals surface area contributed by atoms with E-state index >= 15 is 0 Å². The van der Waals surface area contributed by atoms with E-state index in [1.807, 2.05) is 0 Å². The van der Waals surface area contributed by atoms with E-state index < -0.39 is 52.7 Å². The number of amides is 4. The van der Waals surface area contributed by atoms with Crippen molar-refractivity contribution in [3.05, 3.63) is 33.8 Å². The summed E-state index contributed by atoms with van der Waals surface area (Å²) >= 11 is 5.76. The summed E-state index contributed by atoms with van der Waals surface area (Å²) in [7, 11) is 0. The topological polar surface area (TPSA) is 78.5 Å². The van der Waals surface area contributed by atoms with Gasteiger partial charge in [0, 0.05) is 12.9 Å². The highest BCUT2D eigenvalue weighted by atomic mass is 35.5. The predicted molar refractivity (Wildman–Crippen MR) is 96.8 cm³/mol. The first-order valence-electron chi connectivity index (χ1n) is 10.2. The van der Waals surface area contributed by atoms with E-state index in [2.05, 4.69) is 10.6 Å².